The predicted molar refractivity (Wildman–Crippen MR) is 161 cm³/mol. The first-order valence-corrected chi connectivity index (χ1v) is 15.2. The summed E-state index contributed by atoms with van der Waals surface area (Å²) in [5, 5.41) is 8.18. The van der Waals surface area contributed by atoms with Crippen molar-refractivity contribution in [3.63, 3.8) is 0 Å². The number of carbonyl (C=O) groups is 3. The molecule has 17 heteroatoms. The van der Waals surface area contributed by atoms with Crippen LogP contribution in [0.25, 0.3) is 0 Å². The second kappa shape index (κ2) is 17.2. The Morgan fingerprint density at radius 2 is 1.50 bits per heavy atom. The molecule has 14 nitrogen and oxygen atoms in total. The molecule has 0 saturated carbocycles. The first-order chi connectivity index (χ1) is 21.7. The molecule has 2 heterocycles. The van der Waals surface area contributed by atoms with Crippen molar-refractivity contribution in [2.45, 2.75) is 86.5 Å². The molecule has 4 unspecified atom stereocenters. The Labute approximate surface area is 281 Å². The summed E-state index contributed by atoms with van der Waals surface area (Å²) in [4.78, 5) is 37.1. The lowest BCUT2D eigenvalue weighted by atomic mass is 9.90. The van der Waals surface area contributed by atoms with Crippen LogP contribution in [0.3, 0.4) is 0 Å². The van der Waals surface area contributed by atoms with E-state index in [0.29, 0.717) is 0 Å². The molecule has 10 atom stereocenters. The molecule has 258 valence electrons. The second-order valence-electron chi connectivity index (χ2n) is 10.4. The van der Waals surface area contributed by atoms with Crippen LogP contribution in [0.5, 0.6) is 0 Å². The van der Waals surface area contributed by atoms with Crippen LogP contribution in [0.15, 0.2) is 30.3 Å². The van der Waals surface area contributed by atoms with E-state index in [2.05, 4.69) is 0 Å². The van der Waals surface area contributed by atoms with Crippen molar-refractivity contribution in [3.8, 4) is 0 Å². The van der Waals surface area contributed by atoms with Crippen molar-refractivity contribution < 1.29 is 61.8 Å². The maximum absolute atomic E-state index is 12.7. The highest BCUT2D eigenvalue weighted by molar-refractivity contribution is 6.76. The van der Waals surface area contributed by atoms with E-state index in [9.17, 15) is 14.4 Å². The fourth-order valence-corrected chi connectivity index (χ4v) is 5.27. The molecule has 0 aromatic heterocycles. The minimum atomic E-state index is -2.29. The number of esters is 3. The van der Waals surface area contributed by atoms with Crippen molar-refractivity contribution >= 4 is 58.6 Å². The molecule has 0 bridgehead atoms. The van der Waals surface area contributed by atoms with Crippen molar-refractivity contribution in [1.29, 1.82) is 5.41 Å². The first-order valence-electron chi connectivity index (χ1n) is 14.1. The fourth-order valence-electron chi connectivity index (χ4n) is 5.14. The third-order valence-electron chi connectivity index (χ3n) is 7.26. The number of nitrogens with one attached hydrogen (secondary N) is 1. The van der Waals surface area contributed by atoms with Crippen LogP contribution in [-0.4, -0.2) is 111 Å². The van der Waals surface area contributed by atoms with Crippen LogP contribution in [0.2, 0.25) is 0 Å². The van der Waals surface area contributed by atoms with Crippen LogP contribution in [0, 0.1) is 11.3 Å². The fraction of sp³-hybridized carbons (Fsp3) is 0.655. The van der Waals surface area contributed by atoms with Gasteiger partial charge in [-0.15, -0.1) is 0 Å². The molecule has 3 rings (SSSR count). The Kier molecular flexibility index (Phi) is 14.3. The van der Waals surface area contributed by atoms with Gasteiger partial charge in [0.2, 0.25) is 12.2 Å². The highest BCUT2D eigenvalue weighted by Crippen LogP contribution is 2.37. The lowest BCUT2D eigenvalue weighted by Crippen LogP contribution is -2.66. The molecular weight excluding hydrogens is 677 g/mol. The van der Waals surface area contributed by atoms with Gasteiger partial charge in [0.05, 0.1) is 19.8 Å². The van der Waals surface area contributed by atoms with E-state index in [-0.39, 0.29) is 6.61 Å². The van der Waals surface area contributed by atoms with Crippen LogP contribution >= 0.6 is 34.8 Å². The second-order valence-corrected chi connectivity index (χ2v) is 12.7. The van der Waals surface area contributed by atoms with Gasteiger partial charge in [-0.1, -0.05) is 72.1 Å². The van der Waals surface area contributed by atoms with Crippen LogP contribution < -0.4 is 0 Å². The number of hydrogen-bond acceptors (Lipinski definition) is 14. The molecule has 0 aliphatic carbocycles. The highest BCUT2D eigenvalue weighted by atomic mass is 35.6. The summed E-state index contributed by atoms with van der Waals surface area (Å²) in [5.41, 5.74) is 0.728. The lowest BCUT2D eigenvalue weighted by molar-refractivity contribution is -0.353. The quantitative estimate of drug-likeness (QED) is 0.110. The number of benzene rings is 1. The average molecular weight is 715 g/mol. The number of rotatable bonds is 12. The summed E-state index contributed by atoms with van der Waals surface area (Å²) in [7, 11) is 4.05. The van der Waals surface area contributed by atoms with Gasteiger partial charge in [0.25, 0.3) is 3.79 Å². The van der Waals surface area contributed by atoms with E-state index in [4.69, 9.17) is 87.6 Å². The standard InChI is InChI=1S/C29H38Cl3NO13/c1-14-19(37-4)23(38-5)26(44-20(14)25(36)39-6)45-21-18(13-40-15(2)34)43-27(46-28(33)29(30,31)32)24(22(21)42-16(3)35)41-12-17-10-8-7-9-11-17/h7-11,14,18-24,26-27,33H,12-13H2,1-6H3/t14-,18-,19-,20?,21+,22?,23?,24?,26-,27+/m0/s1. The van der Waals surface area contributed by atoms with E-state index in [1.807, 2.05) is 6.07 Å². The minimum Gasteiger partial charge on any atom is -0.467 e. The largest absolute Gasteiger partial charge is 0.467 e. The molecule has 1 N–H and O–H groups in total. The van der Waals surface area contributed by atoms with Crippen molar-refractivity contribution in [3.05, 3.63) is 35.9 Å². The maximum atomic E-state index is 12.7. The van der Waals surface area contributed by atoms with Crippen molar-refractivity contribution in [2.24, 2.45) is 5.92 Å². The summed E-state index contributed by atoms with van der Waals surface area (Å²) >= 11 is 17.7. The molecular formula is C29H38Cl3NO13. The van der Waals surface area contributed by atoms with Gasteiger partial charge in [0.1, 0.15) is 24.9 Å². The number of methoxy groups -OCH3 is 3. The first kappa shape index (κ1) is 38.2. The van der Waals surface area contributed by atoms with E-state index in [1.54, 1.807) is 31.2 Å². The molecule has 0 amide bonds. The number of hydrogen-bond donors (Lipinski definition) is 1. The van der Waals surface area contributed by atoms with Crippen molar-refractivity contribution in [2.75, 3.05) is 27.9 Å². The zero-order chi connectivity index (χ0) is 34.2. The maximum Gasteiger partial charge on any atom is 0.335 e. The van der Waals surface area contributed by atoms with E-state index in [1.165, 1.54) is 28.3 Å². The summed E-state index contributed by atoms with van der Waals surface area (Å²) in [5.74, 6) is -3.45. The molecule has 2 aliphatic rings. The average Bonchev–Trinajstić information content (AvgIpc) is 3.00. The monoisotopic (exact) mass is 713 g/mol. The number of halogens is 3. The topological polar surface area (TPSA) is 167 Å². The number of alkyl halides is 3. The van der Waals surface area contributed by atoms with Gasteiger partial charge >= 0.3 is 17.9 Å². The van der Waals surface area contributed by atoms with Crippen LogP contribution in [0.1, 0.15) is 26.3 Å². The van der Waals surface area contributed by atoms with Gasteiger partial charge in [-0.3, -0.25) is 15.0 Å². The van der Waals surface area contributed by atoms with Gasteiger partial charge in [0.15, 0.2) is 24.6 Å². The minimum absolute atomic E-state index is 0.0385. The zero-order valence-electron chi connectivity index (χ0n) is 26.0. The van der Waals surface area contributed by atoms with E-state index < -0.39 is 95.4 Å². The third kappa shape index (κ3) is 9.87. The Bertz CT molecular complexity index is 1190. The molecule has 2 aliphatic heterocycles. The van der Waals surface area contributed by atoms with E-state index >= 15 is 0 Å². The smallest absolute Gasteiger partial charge is 0.335 e. The Morgan fingerprint density at radius 3 is 2.04 bits per heavy atom. The number of carbonyl (C=O) groups excluding carboxylic acids is 3. The Hall–Kier alpha value is -2.27. The summed E-state index contributed by atoms with van der Waals surface area (Å²) in [6.07, 6.45) is -10.9. The Balaban J connectivity index is 2.08. The van der Waals surface area contributed by atoms with Crippen LogP contribution in [-0.2, 0) is 68.4 Å². The van der Waals surface area contributed by atoms with Gasteiger partial charge in [-0.05, 0) is 5.56 Å². The third-order valence-corrected chi connectivity index (χ3v) is 7.77. The highest BCUT2D eigenvalue weighted by Gasteiger charge is 2.56. The molecule has 1 aromatic rings. The lowest BCUT2D eigenvalue weighted by Gasteiger charge is -2.48. The zero-order valence-corrected chi connectivity index (χ0v) is 28.3. The summed E-state index contributed by atoms with van der Waals surface area (Å²) in [6, 6.07) is 8.99. The van der Waals surface area contributed by atoms with Gasteiger partial charge in [0, 0.05) is 34.0 Å². The normalized spacial score (nSPS) is 31.4. The van der Waals surface area contributed by atoms with Crippen molar-refractivity contribution in [1.82, 2.24) is 0 Å². The van der Waals surface area contributed by atoms with Crippen LogP contribution in [0.4, 0.5) is 0 Å². The molecule has 0 radical (unpaired) electrons. The molecule has 2 saturated heterocycles. The Morgan fingerprint density at radius 1 is 0.848 bits per heavy atom. The van der Waals surface area contributed by atoms with Gasteiger partial charge < -0.3 is 47.4 Å². The van der Waals surface area contributed by atoms with Gasteiger partial charge in [-0.2, -0.15) is 0 Å². The molecule has 46 heavy (non-hydrogen) atoms. The van der Waals surface area contributed by atoms with E-state index in [0.717, 1.165) is 12.5 Å². The molecule has 2 fully saturated rings. The summed E-state index contributed by atoms with van der Waals surface area (Å²) in [6.45, 7) is 3.58. The summed E-state index contributed by atoms with van der Waals surface area (Å²) < 4.78 is 55.4. The van der Waals surface area contributed by atoms with Gasteiger partial charge in [-0.25, -0.2) is 4.79 Å². The molecule has 0 spiro atoms. The predicted octanol–water partition coefficient (Wildman–Crippen LogP) is 3.10. The number of ether oxygens (including phenoxy) is 10. The SMILES string of the molecule is COC(=O)C1O[C@@H](O[C@H]2C(OC(C)=O)C(OCc3ccccc3)[C@@H](OC(=N)C(Cl)(Cl)Cl)O[C@H]2COC(C)=O)C(OC)[C@@H](OC)[C@@H]1C. The molecule has 1 aromatic carbocycles.